The van der Waals surface area contributed by atoms with Crippen LogP contribution in [-0.4, -0.2) is 43.4 Å². The molecule has 1 saturated heterocycles. The van der Waals surface area contributed by atoms with Crippen molar-refractivity contribution in [3.05, 3.63) is 71.8 Å². The standard InChI is InChI=1S/C25H22N2O7/c1-33-24(31)15-9-11-17(12-10-15)26-21(28)14-34-25(32)16-5-4-6-18(13-16)27-22(29)19-7-2-3-8-20(19)23(27)30/h2-6,9-13,19-20H,7-8,14H2,1H3,(H,26,28)/t19-,20-/m0/s1. The lowest BCUT2D eigenvalue weighted by molar-refractivity contribution is -0.122. The molecule has 34 heavy (non-hydrogen) atoms. The molecule has 1 N–H and O–H groups in total. The van der Waals surface area contributed by atoms with Gasteiger partial charge in [0.15, 0.2) is 6.61 Å². The van der Waals surface area contributed by atoms with Crippen LogP contribution in [0.4, 0.5) is 11.4 Å². The second kappa shape index (κ2) is 9.70. The molecule has 0 unspecified atom stereocenters. The zero-order valence-corrected chi connectivity index (χ0v) is 18.4. The molecule has 2 aromatic rings. The summed E-state index contributed by atoms with van der Waals surface area (Å²) in [5.41, 5.74) is 1.16. The summed E-state index contributed by atoms with van der Waals surface area (Å²) < 4.78 is 9.70. The third-order valence-electron chi connectivity index (χ3n) is 5.77. The number of amides is 3. The predicted octanol–water partition coefficient (Wildman–Crippen LogP) is 2.72. The normalized spacial score (nSPS) is 18.9. The van der Waals surface area contributed by atoms with E-state index in [1.807, 2.05) is 12.2 Å². The molecule has 0 radical (unpaired) electrons. The molecule has 4 rings (SSSR count). The summed E-state index contributed by atoms with van der Waals surface area (Å²) in [5, 5.41) is 2.56. The van der Waals surface area contributed by atoms with Gasteiger partial charge in [-0.05, 0) is 55.3 Å². The topological polar surface area (TPSA) is 119 Å². The van der Waals surface area contributed by atoms with Crippen LogP contribution in [0.2, 0.25) is 0 Å². The van der Waals surface area contributed by atoms with Gasteiger partial charge in [-0.3, -0.25) is 19.3 Å². The Morgan fingerprint density at radius 2 is 1.56 bits per heavy atom. The quantitative estimate of drug-likeness (QED) is 0.398. The zero-order chi connectivity index (χ0) is 24.2. The van der Waals surface area contributed by atoms with E-state index in [0.29, 0.717) is 29.8 Å². The summed E-state index contributed by atoms with van der Waals surface area (Å²) in [4.78, 5) is 62.8. The largest absolute Gasteiger partial charge is 0.465 e. The molecular weight excluding hydrogens is 440 g/mol. The first-order valence-electron chi connectivity index (χ1n) is 10.7. The molecule has 174 valence electrons. The molecule has 0 bridgehead atoms. The van der Waals surface area contributed by atoms with Gasteiger partial charge in [-0.25, -0.2) is 9.59 Å². The summed E-state index contributed by atoms with van der Waals surface area (Å²) in [6, 6.07) is 12.1. The Morgan fingerprint density at radius 1 is 0.912 bits per heavy atom. The van der Waals surface area contributed by atoms with Gasteiger partial charge in [-0.15, -0.1) is 0 Å². The van der Waals surface area contributed by atoms with E-state index in [1.54, 1.807) is 12.1 Å². The van der Waals surface area contributed by atoms with Gasteiger partial charge in [0, 0.05) is 5.69 Å². The summed E-state index contributed by atoms with van der Waals surface area (Å²) in [6.45, 7) is -0.542. The van der Waals surface area contributed by atoms with E-state index in [9.17, 15) is 24.0 Å². The zero-order valence-electron chi connectivity index (χ0n) is 18.4. The fraction of sp³-hybridized carbons (Fsp3) is 0.240. The predicted molar refractivity (Wildman–Crippen MR) is 121 cm³/mol. The Kier molecular flexibility index (Phi) is 6.53. The van der Waals surface area contributed by atoms with Gasteiger partial charge >= 0.3 is 11.9 Å². The van der Waals surface area contributed by atoms with Gasteiger partial charge < -0.3 is 14.8 Å². The number of esters is 2. The van der Waals surface area contributed by atoms with Crippen molar-refractivity contribution in [2.75, 3.05) is 23.9 Å². The van der Waals surface area contributed by atoms with Crippen molar-refractivity contribution in [2.45, 2.75) is 12.8 Å². The number of allylic oxidation sites excluding steroid dienone is 2. The maximum absolute atomic E-state index is 12.8. The van der Waals surface area contributed by atoms with E-state index in [0.717, 1.165) is 4.90 Å². The molecule has 0 spiro atoms. The number of rotatable bonds is 6. The van der Waals surface area contributed by atoms with Crippen LogP contribution in [-0.2, 0) is 23.9 Å². The van der Waals surface area contributed by atoms with Crippen molar-refractivity contribution in [3.63, 3.8) is 0 Å². The van der Waals surface area contributed by atoms with Gasteiger partial charge in [0.25, 0.3) is 5.91 Å². The molecule has 2 aromatic carbocycles. The summed E-state index contributed by atoms with van der Waals surface area (Å²) in [5.74, 6) is -3.14. The number of imide groups is 1. The molecule has 1 aliphatic heterocycles. The number of hydrogen-bond acceptors (Lipinski definition) is 7. The van der Waals surface area contributed by atoms with E-state index in [2.05, 4.69) is 10.1 Å². The Hall–Kier alpha value is -4.27. The number of fused-ring (bicyclic) bond motifs is 1. The molecule has 0 aromatic heterocycles. The summed E-state index contributed by atoms with van der Waals surface area (Å²) in [6.07, 6.45) is 4.85. The Bertz CT molecular complexity index is 1160. The van der Waals surface area contributed by atoms with Crippen LogP contribution >= 0.6 is 0 Å². The number of carbonyl (C=O) groups is 5. The number of nitrogens with zero attached hydrogens (tertiary/aromatic N) is 1. The van der Waals surface area contributed by atoms with Crippen LogP contribution in [0.25, 0.3) is 0 Å². The van der Waals surface area contributed by atoms with E-state index < -0.39 is 24.5 Å². The second-order valence-electron chi connectivity index (χ2n) is 7.91. The number of nitrogens with one attached hydrogen (secondary N) is 1. The van der Waals surface area contributed by atoms with Gasteiger partial charge in [0.05, 0.1) is 35.8 Å². The average molecular weight is 462 g/mol. The molecule has 9 heteroatoms. The third-order valence-corrected chi connectivity index (χ3v) is 5.77. The SMILES string of the molecule is COC(=O)c1ccc(NC(=O)COC(=O)c2cccc(N3C(=O)[C@H]4CC=CC[C@@H]4C3=O)c2)cc1. The molecule has 1 fully saturated rings. The lowest BCUT2D eigenvalue weighted by Crippen LogP contribution is -2.31. The van der Waals surface area contributed by atoms with Gasteiger partial charge in [0.2, 0.25) is 11.8 Å². The van der Waals surface area contributed by atoms with Crippen LogP contribution in [0.3, 0.4) is 0 Å². The lowest BCUT2D eigenvalue weighted by Gasteiger charge is -2.15. The number of methoxy groups -OCH3 is 1. The molecule has 3 amide bonds. The lowest BCUT2D eigenvalue weighted by atomic mass is 9.85. The minimum atomic E-state index is -0.767. The Morgan fingerprint density at radius 3 is 2.18 bits per heavy atom. The fourth-order valence-corrected chi connectivity index (χ4v) is 4.05. The number of carbonyl (C=O) groups excluding carboxylic acids is 5. The minimum absolute atomic E-state index is 0.112. The Labute approximate surface area is 195 Å². The highest BCUT2D eigenvalue weighted by molar-refractivity contribution is 6.22. The highest BCUT2D eigenvalue weighted by Crippen LogP contribution is 2.37. The molecule has 2 aliphatic rings. The van der Waals surface area contributed by atoms with Crippen molar-refractivity contribution < 1.29 is 33.4 Å². The van der Waals surface area contributed by atoms with Crippen LogP contribution < -0.4 is 10.2 Å². The van der Waals surface area contributed by atoms with Crippen molar-refractivity contribution in [2.24, 2.45) is 11.8 Å². The second-order valence-corrected chi connectivity index (χ2v) is 7.91. The van der Waals surface area contributed by atoms with Crippen molar-refractivity contribution in [3.8, 4) is 0 Å². The smallest absolute Gasteiger partial charge is 0.338 e. The minimum Gasteiger partial charge on any atom is -0.465 e. The van der Waals surface area contributed by atoms with Crippen LogP contribution in [0.15, 0.2) is 60.7 Å². The number of anilines is 2. The number of hydrogen-bond donors (Lipinski definition) is 1. The highest BCUT2D eigenvalue weighted by atomic mass is 16.5. The first-order chi connectivity index (χ1) is 16.4. The molecule has 2 atom stereocenters. The van der Waals surface area contributed by atoms with Gasteiger partial charge in [-0.1, -0.05) is 18.2 Å². The monoisotopic (exact) mass is 462 g/mol. The average Bonchev–Trinajstić information content (AvgIpc) is 3.12. The molecule has 9 nitrogen and oxygen atoms in total. The maximum atomic E-state index is 12.8. The van der Waals surface area contributed by atoms with Crippen LogP contribution in [0, 0.1) is 11.8 Å². The van der Waals surface area contributed by atoms with E-state index in [4.69, 9.17) is 4.74 Å². The van der Waals surface area contributed by atoms with E-state index >= 15 is 0 Å². The summed E-state index contributed by atoms with van der Waals surface area (Å²) in [7, 11) is 1.27. The molecular formula is C25H22N2O7. The van der Waals surface area contributed by atoms with Crippen molar-refractivity contribution >= 4 is 41.0 Å². The molecule has 1 aliphatic carbocycles. The van der Waals surface area contributed by atoms with Gasteiger partial charge in [-0.2, -0.15) is 0 Å². The Balaban J connectivity index is 1.36. The summed E-state index contributed by atoms with van der Waals surface area (Å²) >= 11 is 0. The third kappa shape index (κ3) is 4.59. The van der Waals surface area contributed by atoms with E-state index in [1.165, 1.54) is 43.5 Å². The van der Waals surface area contributed by atoms with Crippen molar-refractivity contribution in [1.29, 1.82) is 0 Å². The van der Waals surface area contributed by atoms with Gasteiger partial charge in [0.1, 0.15) is 0 Å². The highest BCUT2D eigenvalue weighted by Gasteiger charge is 2.47. The first-order valence-corrected chi connectivity index (χ1v) is 10.7. The van der Waals surface area contributed by atoms with Crippen LogP contribution in [0.5, 0.6) is 0 Å². The molecule has 0 saturated carbocycles. The fourth-order valence-electron chi connectivity index (χ4n) is 4.05. The van der Waals surface area contributed by atoms with Crippen LogP contribution in [0.1, 0.15) is 33.6 Å². The number of benzene rings is 2. The van der Waals surface area contributed by atoms with Crippen molar-refractivity contribution in [1.82, 2.24) is 0 Å². The first kappa shape index (κ1) is 22.9. The van der Waals surface area contributed by atoms with E-state index in [-0.39, 0.29) is 29.2 Å². The molecule has 1 heterocycles. The number of ether oxygens (including phenoxy) is 2. The maximum Gasteiger partial charge on any atom is 0.338 e.